The van der Waals surface area contributed by atoms with Crippen LogP contribution in [-0.2, 0) is 4.74 Å². The highest BCUT2D eigenvalue weighted by molar-refractivity contribution is 5.66. The maximum absolute atomic E-state index is 13.4. The van der Waals surface area contributed by atoms with Crippen molar-refractivity contribution >= 4 is 17.3 Å². The van der Waals surface area contributed by atoms with Gasteiger partial charge in [-0.3, -0.25) is 0 Å². The van der Waals surface area contributed by atoms with Crippen LogP contribution >= 0.6 is 0 Å². The molecule has 142 valence electrons. The minimum absolute atomic E-state index is 0.271. The number of rotatable bonds is 4. The molecule has 9 heteroatoms. The van der Waals surface area contributed by atoms with E-state index in [-0.39, 0.29) is 5.95 Å². The van der Waals surface area contributed by atoms with E-state index in [9.17, 15) is 14.0 Å². The summed E-state index contributed by atoms with van der Waals surface area (Å²) in [6.07, 6.45) is 1.39. The SMILES string of the molecule is N#Cc1cc(Nc2ncn(-c3ccc(F)c(F)c3)n2)cc(N2CCOCC2)c1. The molecule has 7 nitrogen and oxygen atoms in total. The Morgan fingerprint density at radius 1 is 1.04 bits per heavy atom. The number of anilines is 3. The predicted octanol–water partition coefficient (Wildman–Crippen LogP) is 3.00. The lowest BCUT2D eigenvalue weighted by molar-refractivity contribution is 0.122. The maximum Gasteiger partial charge on any atom is 0.246 e. The average Bonchev–Trinajstić information content (AvgIpc) is 3.19. The maximum atomic E-state index is 13.4. The highest BCUT2D eigenvalue weighted by Crippen LogP contribution is 2.25. The standard InChI is InChI=1S/C19H16F2N6O/c20-17-2-1-15(10-18(17)21)27-12-23-19(25-27)24-14-7-13(11-22)8-16(9-14)26-3-5-28-6-4-26/h1-2,7-10,12H,3-6H2,(H,24,25). The van der Waals surface area contributed by atoms with Gasteiger partial charge in [-0.05, 0) is 30.3 Å². The first-order valence-electron chi connectivity index (χ1n) is 8.64. The second-order valence-electron chi connectivity index (χ2n) is 6.22. The molecule has 1 saturated heterocycles. The predicted molar refractivity (Wildman–Crippen MR) is 98.7 cm³/mol. The van der Waals surface area contributed by atoms with Crippen LogP contribution in [0.2, 0.25) is 0 Å². The summed E-state index contributed by atoms with van der Waals surface area (Å²) >= 11 is 0. The Hall–Kier alpha value is -3.51. The third-order valence-electron chi connectivity index (χ3n) is 4.34. The number of nitrogens with zero attached hydrogens (tertiary/aromatic N) is 5. The number of morpholine rings is 1. The lowest BCUT2D eigenvalue weighted by atomic mass is 10.1. The first-order valence-corrected chi connectivity index (χ1v) is 8.64. The third-order valence-corrected chi connectivity index (χ3v) is 4.34. The van der Waals surface area contributed by atoms with Crippen molar-refractivity contribution in [3.05, 3.63) is 59.9 Å². The van der Waals surface area contributed by atoms with Crippen molar-refractivity contribution in [1.82, 2.24) is 14.8 Å². The summed E-state index contributed by atoms with van der Waals surface area (Å²) in [5.41, 5.74) is 2.42. The highest BCUT2D eigenvalue weighted by atomic mass is 19.2. The van der Waals surface area contributed by atoms with Gasteiger partial charge in [0.15, 0.2) is 11.6 Å². The van der Waals surface area contributed by atoms with E-state index in [1.165, 1.54) is 17.1 Å². The largest absolute Gasteiger partial charge is 0.378 e. The van der Waals surface area contributed by atoms with Gasteiger partial charge in [0.05, 0.1) is 30.5 Å². The third kappa shape index (κ3) is 3.77. The summed E-state index contributed by atoms with van der Waals surface area (Å²) in [6.45, 7) is 2.77. The van der Waals surface area contributed by atoms with E-state index in [1.807, 2.05) is 12.1 Å². The number of aromatic nitrogens is 3. The van der Waals surface area contributed by atoms with Crippen molar-refractivity contribution in [3.8, 4) is 11.8 Å². The van der Waals surface area contributed by atoms with Crippen LogP contribution in [-0.4, -0.2) is 41.1 Å². The second-order valence-corrected chi connectivity index (χ2v) is 6.22. The molecule has 1 aliphatic heterocycles. The molecule has 1 aromatic heterocycles. The van der Waals surface area contributed by atoms with E-state index in [4.69, 9.17) is 4.74 Å². The fraction of sp³-hybridized carbons (Fsp3) is 0.211. The second kappa shape index (κ2) is 7.62. The van der Waals surface area contributed by atoms with Crippen LogP contribution in [0.4, 0.5) is 26.1 Å². The smallest absolute Gasteiger partial charge is 0.246 e. The molecule has 2 heterocycles. The zero-order valence-corrected chi connectivity index (χ0v) is 14.8. The molecule has 0 spiro atoms. The first kappa shape index (κ1) is 17.9. The van der Waals surface area contributed by atoms with Crippen molar-refractivity contribution in [3.63, 3.8) is 0 Å². The molecule has 0 bridgehead atoms. The Balaban J connectivity index is 1.58. The molecule has 4 rings (SSSR count). The van der Waals surface area contributed by atoms with E-state index in [0.29, 0.717) is 30.2 Å². The fourth-order valence-electron chi connectivity index (χ4n) is 2.95. The van der Waals surface area contributed by atoms with Gasteiger partial charge in [0.1, 0.15) is 6.33 Å². The van der Waals surface area contributed by atoms with Crippen molar-refractivity contribution in [2.24, 2.45) is 0 Å². The number of benzene rings is 2. The molecule has 0 amide bonds. The van der Waals surface area contributed by atoms with Crippen LogP contribution in [0, 0.1) is 23.0 Å². The van der Waals surface area contributed by atoms with Gasteiger partial charge < -0.3 is 15.0 Å². The molecule has 0 saturated carbocycles. The van der Waals surface area contributed by atoms with Gasteiger partial charge in [0.2, 0.25) is 5.95 Å². The number of hydrogen-bond donors (Lipinski definition) is 1. The molecule has 2 aromatic carbocycles. The number of nitrogens with one attached hydrogen (secondary N) is 1. The number of ether oxygens (including phenoxy) is 1. The lowest BCUT2D eigenvalue weighted by Gasteiger charge is -2.29. The van der Waals surface area contributed by atoms with E-state index in [2.05, 4.69) is 26.4 Å². The van der Waals surface area contributed by atoms with Gasteiger partial charge in [-0.1, -0.05) is 0 Å². The zero-order valence-electron chi connectivity index (χ0n) is 14.8. The molecule has 1 aliphatic rings. The van der Waals surface area contributed by atoms with E-state index in [0.717, 1.165) is 30.9 Å². The quantitative estimate of drug-likeness (QED) is 0.747. The number of hydrogen-bond acceptors (Lipinski definition) is 6. The Kier molecular flexibility index (Phi) is 4.87. The number of halogens is 2. The summed E-state index contributed by atoms with van der Waals surface area (Å²) in [5, 5.41) is 16.6. The van der Waals surface area contributed by atoms with Crippen molar-refractivity contribution < 1.29 is 13.5 Å². The molecule has 0 aliphatic carbocycles. The van der Waals surface area contributed by atoms with Gasteiger partial charge in [-0.15, -0.1) is 5.10 Å². The van der Waals surface area contributed by atoms with Gasteiger partial charge in [-0.2, -0.15) is 10.2 Å². The molecule has 0 unspecified atom stereocenters. The van der Waals surface area contributed by atoms with Gasteiger partial charge in [0, 0.05) is 30.5 Å². The molecular formula is C19H16F2N6O. The molecule has 1 N–H and O–H groups in total. The van der Waals surface area contributed by atoms with Crippen LogP contribution in [0.25, 0.3) is 5.69 Å². The summed E-state index contributed by atoms with van der Waals surface area (Å²) in [6, 6.07) is 11.1. The van der Waals surface area contributed by atoms with Gasteiger partial charge >= 0.3 is 0 Å². The Morgan fingerprint density at radius 2 is 1.86 bits per heavy atom. The van der Waals surface area contributed by atoms with Gasteiger partial charge in [0.25, 0.3) is 0 Å². The first-order chi connectivity index (χ1) is 13.6. The minimum Gasteiger partial charge on any atom is -0.378 e. The molecule has 0 radical (unpaired) electrons. The summed E-state index contributed by atoms with van der Waals surface area (Å²) in [4.78, 5) is 6.29. The van der Waals surface area contributed by atoms with Crippen molar-refractivity contribution in [2.75, 3.05) is 36.5 Å². The van der Waals surface area contributed by atoms with Crippen LogP contribution in [0.15, 0.2) is 42.7 Å². The van der Waals surface area contributed by atoms with Crippen LogP contribution in [0.1, 0.15) is 5.56 Å². The van der Waals surface area contributed by atoms with Crippen LogP contribution in [0.3, 0.4) is 0 Å². The normalized spacial score (nSPS) is 14.0. The molecular weight excluding hydrogens is 366 g/mol. The number of nitriles is 1. The summed E-state index contributed by atoms with van der Waals surface area (Å²) < 4.78 is 33.2. The molecule has 28 heavy (non-hydrogen) atoms. The minimum atomic E-state index is -0.959. The van der Waals surface area contributed by atoms with E-state index in [1.54, 1.807) is 6.07 Å². The lowest BCUT2D eigenvalue weighted by Crippen LogP contribution is -2.36. The van der Waals surface area contributed by atoms with Crippen LogP contribution in [0.5, 0.6) is 0 Å². The Morgan fingerprint density at radius 3 is 2.61 bits per heavy atom. The summed E-state index contributed by atoms with van der Waals surface area (Å²) in [5.74, 6) is -1.61. The Bertz CT molecular complexity index is 1040. The monoisotopic (exact) mass is 382 g/mol. The average molecular weight is 382 g/mol. The zero-order chi connectivity index (χ0) is 19.5. The van der Waals surface area contributed by atoms with E-state index < -0.39 is 11.6 Å². The summed E-state index contributed by atoms with van der Waals surface area (Å²) in [7, 11) is 0. The van der Waals surface area contributed by atoms with E-state index >= 15 is 0 Å². The van der Waals surface area contributed by atoms with Crippen molar-refractivity contribution in [1.29, 1.82) is 5.26 Å². The van der Waals surface area contributed by atoms with Crippen LogP contribution < -0.4 is 10.2 Å². The molecule has 3 aromatic rings. The van der Waals surface area contributed by atoms with Crippen molar-refractivity contribution in [2.45, 2.75) is 0 Å². The van der Waals surface area contributed by atoms with Gasteiger partial charge in [-0.25, -0.2) is 13.5 Å². The fourth-order valence-corrected chi connectivity index (χ4v) is 2.95. The Labute approximate surface area is 159 Å². The highest BCUT2D eigenvalue weighted by Gasteiger charge is 2.14. The molecule has 1 fully saturated rings. The molecule has 0 atom stereocenters. The topological polar surface area (TPSA) is 79.0 Å².